The maximum atomic E-state index is 12.9. The summed E-state index contributed by atoms with van der Waals surface area (Å²) in [7, 11) is 0. The van der Waals surface area contributed by atoms with Gasteiger partial charge in [-0.2, -0.15) is 0 Å². The zero-order chi connectivity index (χ0) is 18.5. The second kappa shape index (κ2) is 8.19. The predicted octanol–water partition coefficient (Wildman–Crippen LogP) is 4.50. The first kappa shape index (κ1) is 18.2. The summed E-state index contributed by atoms with van der Waals surface area (Å²) in [6, 6.07) is 13.4. The molecule has 5 heteroatoms. The maximum absolute atomic E-state index is 12.9. The molecule has 2 aromatic heterocycles. The van der Waals surface area contributed by atoms with E-state index in [0.717, 1.165) is 28.9 Å². The van der Waals surface area contributed by atoms with Crippen LogP contribution in [0.4, 0.5) is 0 Å². The topological polar surface area (TPSA) is 46.9 Å². The molecule has 0 saturated carbocycles. The van der Waals surface area contributed by atoms with Crippen molar-refractivity contribution < 1.29 is 4.79 Å². The molecule has 3 aromatic rings. The summed E-state index contributed by atoms with van der Waals surface area (Å²) >= 11 is 6.01. The average molecular weight is 368 g/mol. The fourth-order valence-corrected chi connectivity index (χ4v) is 3.23. The van der Waals surface area contributed by atoms with Gasteiger partial charge in [0.15, 0.2) is 0 Å². The molecule has 1 N–H and O–H groups in total. The van der Waals surface area contributed by atoms with Gasteiger partial charge in [-0.05, 0) is 49.2 Å². The van der Waals surface area contributed by atoms with Gasteiger partial charge in [-0.25, -0.2) is 0 Å². The second-order valence-electron chi connectivity index (χ2n) is 6.16. The molecule has 26 heavy (non-hydrogen) atoms. The van der Waals surface area contributed by atoms with Crippen molar-refractivity contribution in [2.24, 2.45) is 0 Å². The van der Waals surface area contributed by atoms with Gasteiger partial charge in [0.2, 0.25) is 0 Å². The van der Waals surface area contributed by atoms with Crippen molar-refractivity contribution in [2.75, 3.05) is 6.54 Å². The Morgan fingerprint density at radius 2 is 1.96 bits per heavy atom. The predicted molar refractivity (Wildman–Crippen MR) is 106 cm³/mol. The highest BCUT2D eigenvalue weighted by Gasteiger charge is 2.20. The Morgan fingerprint density at radius 3 is 2.62 bits per heavy atom. The molecule has 0 unspecified atom stereocenters. The SMILES string of the molecule is CCn1cc(C)c(-c2ccc(Cl)cc2)c1C(=O)NCCc1ccccn1. The molecule has 0 spiro atoms. The van der Waals surface area contributed by atoms with Crippen LogP contribution in [0.25, 0.3) is 11.1 Å². The third-order valence-electron chi connectivity index (χ3n) is 4.35. The molecule has 0 atom stereocenters. The molecule has 1 amide bonds. The number of benzene rings is 1. The lowest BCUT2D eigenvalue weighted by atomic mass is 10.0. The number of carbonyl (C=O) groups excluding carboxylic acids is 1. The number of hydrogen-bond acceptors (Lipinski definition) is 2. The summed E-state index contributed by atoms with van der Waals surface area (Å²) in [5.41, 5.74) is 4.68. The molecule has 0 aliphatic heterocycles. The molecule has 0 fully saturated rings. The third-order valence-corrected chi connectivity index (χ3v) is 4.60. The van der Waals surface area contributed by atoms with Gasteiger partial charge >= 0.3 is 0 Å². The van der Waals surface area contributed by atoms with E-state index in [1.807, 2.05) is 67.1 Å². The summed E-state index contributed by atoms with van der Waals surface area (Å²) in [5.74, 6) is -0.0687. The summed E-state index contributed by atoms with van der Waals surface area (Å²) < 4.78 is 2.00. The van der Waals surface area contributed by atoms with Crippen LogP contribution in [0.1, 0.15) is 28.7 Å². The molecule has 0 aliphatic rings. The van der Waals surface area contributed by atoms with Crippen LogP contribution in [-0.4, -0.2) is 22.0 Å². The number of amides is 1. The first-order valence-corrected chi connectivity index (χ1v) is 9.11. The van der Waals surface area contributed by atoms with Gasteiger partial charge in [0.25, 0.3) is 5.91 Å². The summed E-state index contributed by atoms with van der Waals surface area (Å²) in [6.45, 7) is 5.35. The van der Waals surface area contributed by atoms with Gasteiger partial charge in [-0.1, -0.05) is 29.8 Å². The van der Waals surface area contributed by atoms with E-state index in [0.29, 0.717) is 23.7 Å². The lowest BCUT2D eigenvalue weighted by Gasteiger charge is -2.11. The molecule has 0 radical (unpaired) electrons. The van der Waals surface area contributed by atoms with Crippen molar-refractivity contribution in [3.8, 4) is 11.1 Å². The van der Waals surface area contributed by atoms with Crippen molar-refractivity contribution in [1.29, 1.82) is 0 Å². The van der Waals surface area contributed by atoms with Crippen molar-refractivity contribution in [3.05, 3.63) is 76.8 Å². The first-order chi connectivity index (χ1) is 12.6. The molecular formula is C21H22ClN3O. The van der Waals surface area contributed by atoms with Crippen LogP contribution in [0.5, 0.6) is 0 Å². The van der Waals surface area contributed by atoms with E-state index < -0.39 is 0 Å². The molecule has 4 nitrogen and oxygen atoms in total. The standard InChI is InChI=1S/C21H22ClN3O/c1-3-25-14-15(2)19(16-7-9-17(22)10-8-16)20(25)21(26)24-13-11-18-6-4-5-12-23-18/h4-10,12,14H,3,11,13H2,1-2H3,(H,24,26). The van der Waals surface area contributed by atoms with E-state index in [1.54, 1.807) is 6.20 Å². The van der Waals surface area contributed by atoms with Gasteiger partial charge in [0.1, 0.15) is 5.69 Å². The normalized spacial score (nSPS) is 10.7. The quantitative estimate of drug-likeness (QED) is 0.697. The Labute approximate surface area is 158 Å². The van der Waals surface area contributed by atoms with Gasteiger partial charge in [0.05, 0.1) is 0 Å². The Balaban J connectivity index is 1.83. The van der Waals surface area contributed by atoms with E-state index in [4.69, 9.17) is 11.6 Å². The molecular weight excluding hydrogens is 346 g/mol. The molecule has 2 heterocycles. The number of nitrogens with one attached hydrogen (secondary N) is 1. The number of halogens is 1. The van der Waals surface area contributed by atoms with Crippen LogP contribution in [0.3, 0.4) is 0 Å². The number of hydrogen-bond donors (Lipinski definition) is 1. The Morgan fingerprint density at radius 1 is 1.19 bits per heavy atom. The zero-order valence-electron chi connectivity index (χ0n) is 15.0. The Kier molecular flexibility index (Phi) is 5.74. The number of carbonyl (C=O) groups is 1. The molecule has 0 aliphatic carbocycles. The summed E-state index contributed by atoms with van der Waals surface area (Å²) in [6.07, 6.45) is 4.49. The zero-order valence-corrected chi connectivity index (χ0v) is 15.8. The van der Waals surface area contributed by atoms with E-state index in [1.165, 1.54) is 0 Å². The molecule has 3 rings (SSSR count). The third kappa shape index (κ3) is 3.97. The lowest BCUT2D eigenvalue weighted by molar-refractivity contribution is 0.0945. The second-order valence-corrected chi connectivity index (χ2v) is 6.59. The van der Waals surface area contributed by atoms with E-state index in [2.05, 4.69) is 10.3 Å². The molecule has 134 valence electrons. The Bertz CT molecular complexity index is 886. The van der Waals surface area contributed by atoms with Crippen LogP contribution in [-0.2, 0) is 13.0 Å². The van der Waals surface area contributed by atoms with Crippen LogP contribution >= 0.6 is 11.6 Å². The van der Waals surface area contributed by atoms with Crippen molar-refractivity contribution in [1.82, 2.24) is 14.9 Å². The van der Waals surface area contributed by atoms with Crippen LogP contribution in [0.15, 0.2) is 54.9 Å². The minimum atomic E-state index is -0.0687. The number of aryl methyl sites for hydroxylation is 2. The van der Waals surface area contributed by atoms with Gasteiger partial charge in [0, 0.05) is 48.2 Å². The minimum absolute atomic E-state index is 0.0687. The number of nitrogens with zero attached hydrogens (tertiary/aromatic N) is 2. The number of pyridine rings is 1. The first-order valence-electron chi connectivity index (χ1n) is 8.74. The van der Waals surface area contributed by atoms with Crippen LogP contribution in [0, 0.1) is 6.92 Å². The largest absolute Gasteiger partial charge is 0.350 e. The highest BCUT2D eigenvalue weighted by molar-refractivity contribution is 6.30. The van der Waals surface area contributed by atoms with E-state index >= 15 is 0 Å². The molecule has 0 bridgehead atoms. The fraction of sp³-hybridized carbons (Fsp3) is 0.238. The highest BCUT2D eigenvalue weighted by Crippen LogP contribution is 2.30. The fourth-order valence-electron chi connectivity index (χ4n) is 3.10. The lowest BCUT2D eigenvalue weighted by Crippen LogP contribution is -2.28. The van der Waals surface area contributed by atoms with Gasteiger partial charge in [-0.3, -0.25) is 9.78 Å². The smallest absolute Gasteiger partial charge is 0.268 e. The summed E-state index contributed by atoms with van der Waals surface area (Å²) in [4.78, 5) is 17.2. The molecule has 0 saturated heterocycles. The number of rotatable bonds is 6. The van der Waals surface area contributed by atoms with Gasteiger partial charge < -0.3 is 9.88 Å². The monoisotopic (exact) mass is 367 g/mol. The highest BCUT2D eigenvalue weighted by atomic mass is 35.5. The summed E-state index contributed by atoms with van der Waals surface area (Å²) in [5, 5.41) is 3.71. The number of aromatic nitrogens is 2. The van der Waals surface area contributed by atoms with Gasteiger partial charge in [-0.15, -0.1) is 0 Å². The van der Waals surface area contributed by atoms with Crippen molar-refractivity contribution in [3.63, 3.8) is 0 Å². The average Bonchev–Trinajstić information content (AvgIpc) is 2.99. The van der Waals surface area contributed by atoms with Crippen LogP contribution < -0.4 is 5.32 Å². The van der Waals surface area contributed by atoms with E-state index in [9.17, 15) is 4.79 Å². The van der Waals surface area contributed by atoms with Crippen LogP contribution in [0.2, 0.25) is 5.02 Å². The minimum Gasteiger partial charge on any atom is -0.350 e. The molecule has 1 aromatic carbocycles. The Hall–Kier alpha value is -2.59. The van der Waals surface area contributed by atoms with Crippen molar-refractivity contribution >= 4 is 17.5 Å². The maximum Gasteiger partial charge on any atom is 0.268 e. The van der Waals surface area contributed by atoms with E-state index in [-0.39, 0.29) is 5.91 Å². The van der Waals surface area contributed by atoms with Crippen molar-refractivity contribution in [2.45, 2.75) is 26.8 Å².